The molecule has 16 heavy (non-hydrogen) atoms. The molecule has 0 aliphatic heterocycles. The number of nitrogens with one attached hydrogen (secondary N) is 2. The molecule has 0 unspecified atom stereocenters. The summed E-state index contributed by atoms with van der Waals surface area (Å²) < 4.78 is 13.1. The molecule has 6 heteroatoms. The van der Waals surface area contributed by atoms with Crippen molar-refractivity contribution >= 4 is 22.7 Å². The lowest BCUT2D eigenvalue weighted by Crippen LogP contribution is -2.05. The van der Waals surface area contributed by atoms with Crippen LogP contribution in [0.1, 0.15) is 5.69 Å². The fraction of sp³-hybridized carbons (Fsp3) is 0.100. The zero-order valence-corrected chi connectivity index (χ0v) is 9.10. The van der Waals surface area contributed by atoms with Gasteiger partial charge in [-0.3, -0.25) is 4.79 Å². The molecule has 4 nitrogen and oxygen atoms in total. The molecule has 0 aliphatic carbocycles. The first-order valence-corrected chi connectivity index (χ1v) is 5.49. The molecule has 1 aromatic carbocycles. The van der Waals surface area contributed by atoms with E-state index in [2.05, 4.69) is 10.3 Å². The topological polar surface area (TPSA) is 70.9 Å². The number of aromatic amines is 1. The number of hydrogen-bond donors (Lipinski definition) is 3. The quantitative estimate of drug-likeness (QED) is 0.715. The molecule has 0 saturated carbocycles. The second-order valence-corrected chi connectivity index (χ2v) is 4.07. The number of thiazole rings is 1. The SMILES string of the molecule is Nc1c(F)cccc1NCc1csc(=O)[nH]1. The lowest BCUT2D eigenvalue weighted by atomic mass is 10.2. The minimum atomic E-state index is -0.455. The highest BCUT2D eigenvalue weighted by Crippen LogP contribution is 2.21. The van der Waals surface area contributed by atoms with Crippen molar-refractivity contribution in [1.82, 2.24) is 4.98 Å². The molecule has 1 aromatic heterocycles. The Kier molecular flexibility index (Phi) is 2.91. The van der Waals surface area contributed by atoms with Crippen LogP contribution in [0.25, 0.3) is 0 Å². The first-order chi connectivity index (χ1) is 7.66. The molecule has 84 valence electrons. The summed E-state index contributed by atoms with van der Waals surface area (Å²) in [6.45, 7) is 0.409. The van der Waals surface area contributed by atoms with Gasteiger partial charge in [0.1, 0.15) is 5.82 Å². The van der Waals surface area contributed by atoms with E-state index in [0.717, 1.165) is 17.0 Å². The zero-order chi connectivity index (χ0) is 11.5. The fourth-order valence-electron chi connectivity index (χ4n) is 1.28. The van der Waals surface area contributed by atoms with Crippen molar-refractivity contribution in [3.63, 3.8) is 0 Å². The van der Waals surface area contributed by atoms with Gasteiger partial charge < -0.3 is 16.0 Å². The minimum absolute atomic E-state index is 0.0834. The Morgan fingerprint density at radius 2 is 2.31 bits per heavy atom. The summed E-state index contributed by atoms with van der Waals surface area (Å²) in [7, 11) is 0. The van der Waals surface area contributed by atoms with E-state index in [1.807, 2.05) is 0 Å². The molecule has 2 rings (SSSR count). The summed E-state index contributed by atoms with van der Waals surface area (Å²) >= 11 is 1.09. The van der Waals surface area contributed by atoms with Gasteiger partial charge in [-0.2, -0.15) is 0 Å². The molecule has 0 amide bonds. The van der Waals surface area contributed by atoms with Crippen molar-refractivity contribution < 1.29 is 4.39 Å². The highest BCUT2D eigenvalue weighted by molar-refractivity contribution is 7.07. The average Bonchev–Trinajstić information content (AvgIpc) is 2.67. The third kappa shape index (κ3) is 2.22. The predicted octanol–water partition coefficient (Wildman–Crippen LogP) is 1.77. The third-order valence-electron chi connectivity index (χ3n) is 2.09. The van der Waals surface area contributed by atoms with E-state index in [4.69, 9.17) is 5.73 Å². The Balaban J connectivity index is 2.10. The molecule has 2 aromatic rings. The van der Waals surface area contributed by atoms with Gasteiger partial charge in [-0.25, -0.2) is 4.39 Å². The maximum absolute atomic E-state index is 13.1. The molecule has 1 heterocycles. The number of aromatic nitrogens is 1. The van der Waals surface area contributed by atoms with Crippen molar-refractivity contribution in [3.8, 4) is 0 Å². The second-order valence-electron chi connectivity index (χ2n) is 3.23. The van der Waals surface area contributed by atoms with E-state index in [-0.39, 0.29) is 10.6 Å². The third-order valence-corrected chi connectivity index (χ3v) is 2.81. The zero-order valence-electron chi connectivity index (χ0n) is 8.29. The highest BCUT2D eigenvalue weighted by Gasteiger charge is 2.04. The van der Waals surface area contributed by atoms with Crippen LogP contribution in [0.15, 0.2) is 28.4 Å². The molecule has 0 spiro atoms. The molecular formula is C10H10FN3OS. The van der Waals surface area contributed by atoms with Crippen LogP contribution in [-0.2, 0) is 6.54 Å². The van der Waals surface area contributed by atoms with E-state index in [1.54, 1.807) is 17.5 Å². The van der Waals surface area contributed by atoms with Crippen molar-refractivity contribution in [2.75, 3.05) is 11.1 Å². The van der Waals surface area contributed by atoms with Crippen LogP contribution in [0.3, 0.4) is 0 Å². The Hall–Kier alpha value is -1.82. The number of H-pyrrole nitrogens is 1. The molecule has 0 fully saturated rings. The number of para-hydroxylation sites is 1. The van der Waals surface area contributed by atoms with Crippen LogP contribution in [0.2, 0.25) is 0 Å². The fourth-order valence-corrected chi connectivity index (χ4v) is 1.86. The highest BCUT2D eigenvalue weighted by atomic mass is 32.1. The van der Waals surface area contributed by atoms with Gasteiger partial charge in [0.2, 0.25) is 0 Å². The minimum Gasteiger partial charge on any atom is -0.395 e. The van der Waals surface area contributed by atoms with Crippen LogP contribution >= 0.6 is 11.3 Å². The van der Waals surface area contributed by atoms with Gasteiger partial charge in [0.25, 0.3) is 0 Å². The van der Waals surface area contributed by atoms with Crippen LogP contribution < -0.4 is 15.9 Å². The molecule has 0 atom stereocenters. The molecule has 0 aliphatic rings. The predicted molar refractivity (Wildman–Crippen MR) is 63.1 cm³/mol. The number of nitrogen functional groups attached to an aromatic ring is 1. The van der Waals surface area contributed by atoms with Gasteiger partial charge in [-0.15, -0.1) is 0 Å². The molecule has 4 N–H and O–H groups in total. The van der Waals surface area contributed by atoms with E-state index >= 15 is 0 Å². The molecule has 0 radical (unpaired) electrons. The van der Waals surface area contributed by atoms with Gasteiger partial charge in [0.15, 0.2) is 0 Å². The van der Waals surface area contributed by atoms with E-state index in [0.29, 0.717) is 12.2 Å². The Bertz CT molecular complexity index is 549. The van der Waals surface area contributed by atoms with E-state index < -0.39 is 5.82 Å². The summed E-state index contributed by atoms with van der Waals surface area (Å²) in [5.74, 6) is -0.455. The van der Waals surface area contributed by atoms with Gasteiger partial charge in [-0.05, 0) is 12.1 Å². The van der Waals surface area contributed by atoms with Gasteiger partial charge in [0.05, 0.1) is 17.9 Å². The molecular weight excluding hydrogens is 229 g/mol. The molecule has 0 bridgehead atoms. The number of hydrogen-bond acceptors (Lipinski definition) is 4. The van der Waals surface area contributed by atoms with E-state index in [9.17, 15) is 9.18 Å². The second kappa shape index (κ2) is 4.36. The normalized spacial score (nSPS) is 10.3. The van der Waals surface area contributed by atoms with Crippen LogP contribution in [-0.4, -0.2) is 4.98 Å². The van der Waals surface area contributed by atoms with Gasteiger partial charge in [0, 0.05) is 11.1 Å². The summed E-state index contributed by atoms with van der Waals surface area (Å²) in [6, 6.07) is 4.56. The van der Waals surface area contributed by atoms with Gasteiger partial charge >= 0.3 is 4.87 Å². The molecule has 0 saturated heterocycles. The van der Waals surface area contributed by atoms with Crippen molar-refractivity contribution in [1.29, 1.82) is 0 Å². The Morgan fingerprint density at radius 1 is 1.50 bits per heavy atom. The van der Waals surface area contributed by atoms with Crippen LogP contribution in [0.4, 0.5) is 15.8 Å². The van der Waals surface area contributed by atoms with Crippen LogP contribution in [0.5, 0.6) is 0 Å². The largest absolute Gasteiger partial charge is 0.395 e. The summed E-state index contributed by atoms with van der Waals surface area (Å²) in [5.41, 5.74) is 6.90. The summed E-state index contributed by atoms with van der Waals surface area (Å²) in [6.07, 6.45) is 0. The maximum atomic E-state index is 13.1. The van der Waals surface area contributed by atoms with E-state index in [1.165, 1.54) is 6.07 Å². The van der Waals surface area contributed by atoms with Crippen molar-refractivity contribution in [2.45, 2.75) is 6.54 Å². The standard InChI is InChI=1S/C10H10FN3OS/c11-7-2-1-3-8(9(7)12)13-4-6-5-16-10(15)14-6/h1-3,5,13H,4,12H2,(H,14,15). The Morgan fingerprint density at radius 3 is 3.00 bits per heavy atom. The maximum Gasteiger partial charge on any atom is 0.304 e. The number of rotatable bonds is 3. The lowest BCUT2D eigenvalue weighted by molar-refractivity contribution is 0.633. The summed E-state index contributed by atoms with van der Waals surface area (Å²) in [4.78, 5) is 13.4. The lowest BCUT2D eigenvalue weighted by Gasteiger charge is -2.08. The summed E-state index contributed by atoms with van der Waals surface area (Å²) in [5, 5.41) is 4.67. The monoisotopic (exact) mass is 239 g/mol. The number of benzene rings is 1. The van der Waals surface area contributed by atoms with Gasteiger partial charge in [-0.1, -0.05) is 17.4 Å². The van der Waals surface area contributed by atoms with Crippen LogP contribution in [0, 0.1) is 5.82 Å². The first-order valence-electron chi connectivity index (χ1n) is 4.61. The number of nitrogens with two attached hydrogens (primary N) is 1. The average molecular weight is 239 g/mol. The Labute approximate surface area is 94.9 Å². The number of anilines is 2. The smallest absolute Gasteiger partial charge is 0.304 e. The van der Waals surface area contributed by atoms with Crippen molar-refractivity contribution in [3.05, 3.63) is 44.8 Å². The first kappa shape index (κ1) is 10.7. The number of halogens is 1. The van der Waals surface area contributed by atoms with Crippen molar-refractivity contribution in [2.24, 2.45) is 0 Å².